The number of hydrogen-bond acceptors (Lipinski definition) is 10. The van der Waals surface area contributed by atoms with Crippen molar-refractivity contribution >= 4 is 29.7 Å². The van der Waals surface area contributed by atoms with E-state index in [9.17, 15) is 24.0 Å². The number of Topliss-reactive ketones (excluding diaryl/α,β-unsaturated/α-hetero) is 1. The first kappa shape index (κ1) is 32.2. The fourth-order valence-corrected chi connectivity index (χ4v) is 6.16. The third-order valence-electron chi connectivity index (χ3n) is 8.49. The monoisotopic (exact) mass is 574 g/mol. The molecule has 0 aromatic carbocycles. The summed E-state index contributed by atoms with van der Waals surface area (Å²) in [6, 6.07) is 0. The molecular weight excluding hydrogens is 532 g/mol. The summed E-state index contributed by atoms with van der Waals surface area (Å²) in [6.07, 6.45) is -0.0960. The molecule has 2 saturated carbocycles. The molecule has 226 valence electrons. The molecule has 41 heavy (non-hydrogen) atoms. The highest BCUT2D eigenvalue weighted by molar-refractivity contribution is 5.87. The maximum Gasteiger partial charge on any atom is 0.331 e. The van der Waals surface area contributed by atoms with Crippen molar-refractivity contribution in [3.63, 3.8) is 0 Å². The van der Waals surface area contributed by atoms with Crippen molar-refractivity contribution in [2.75, 3.05) is 6.61 Å². The summed E-state index contributed by atoms with van der Waals surface area (Å²) in [7, 11) is 0. The van der Waals surface area contributed by atoms with Crippen LogP contribution in [0.2, 0.25) is 0 Å². The average molecular weight is 575 g/mol. The predicted molar refractivity (Wildman–Crippen MR) is 147 cm³/mol. The smallest absolute Gasteiger partial charge is 0.331 e. The van der Waals surface area contributed by atoms with Crippen molar-refractivity contribution in [1.29, 1.82) is 0 Å². The van der Waals surface area contributed by atoms with Gasteiger partial charge in [-0.15, -0.1) is 0 Å². The lowest BCUT2D eigenvalue weighted by Crippen LogP contribution is -2.57. The first-order valence-electron chi connectivity index (χ1n) is 14.1. The molecule has 1 saturated heterocycles. The molecule has 10 heteroatoms. The zero-order chi connectivity index (χ0) is 30.8. The number of ether oxygens (including phenoxy) is 5. The Kier molecular flexibility index (Phi) is 10.00. The molecule has 3 aliphatic rings. The Hall–Kier alpha value is -3.27. The molecule has 0 aromatic rings. The van der Waals surface area contributed by atoms with Crippen LogP contribution in [0.25, 0.3) is 0 Å². The number of allylic oxidation sites excluding steroid dienone is 1. The van der Waals surface area contributed by atoms with Crippen LogP contribution in [0.4, 0.5) is 0 Å². The van der Waals surface area contributed by atoms with E-state index in [-0.39, 0.29) is 12.2 Å². The van der Waals surface area contributed by atoms with Gasteiger partial charge >= 0.3 is 23.9 Å². The molecule has 9 atom stereocenters. The van der Waals surface area contributed by atoms with Crippen LogP contribution in [0.15, 0.2) is 35.5 Å². The summed E-state index contributed by atoms with van der Waals surface area (Å²) in [6.45, 7) is 17.7. The van der Waals surface area contributed by atoms with E-state index in [1.807, 2.05) is 13.8 Å². The standard InChI is InChI=1S/C31H42O10/c1-10-15(2)11-24(35)40-29-17(4)22-13-23(34)26(19(6)39-21(8)33)27(22)28(31(9)14-37-31)30(29)41-25(36)12-16(3)18(5)38-20(7)32/h11-12,18-19,22,26-30H,4,10,13-14H2,1-3,5-9H3. The van der Waals surface area contributed by atoms with E-state index < -0.39 is 77.6 Å². The zero-order valence-electron chi connectivity index (χ0n) is 25.2. The van der Waals surface area contributed by atoms with E-state index in [4.69, 9.17) is 23.7 Å². The van der Waals surface area contributed by atoms with Crippen LogP contribution in [0.3, 0.4) is 0 Å². The molecule has 1 heterocycles. The van der Waals surface area contributed by atoms with E-state index in [0.717, 1.165) is 5.57 Å². The van der Waals surface area contributed by atoms with Gasteiger partial charge in [-0.1, -0.05) is 19.1 Å². The van der Waals surface area contributed by atoms with Gasteiger partial charge in [-0.25, -0.2) is 9.59 Å². The quantitative estimate of drug-likeness (QED) is 0.125. The molecule has 0 bridgehead atoms. The van der Waals surface area contributed by atoms with Crippen molar-refractivity contribution in [1.82, 2.24) is 0 Å². The number of ketones is 1. The topological polar surface area (TPSA) is 135 Å². The molecule has 0 N–H and O–H groups in total. The lowest BCUT2D eigenvalue weighted by Gasteiger charge is -2.48. The SMILES string of the molecule is C=C1C2CC(=O)C(C(C)OC(C)=O)C2C(C2(C)CO2)C(OC(=O)C=C(C)C(C)OC(C)=O)C1OC(=O)C=C(C)CC. The van der Waals surface area contributed by atoms with Crippen molar-refractivity contribution < 1.29 is 47.7 Å². The van der Waals surface area contributed by atoms with Gasteiger partial charge in [0, 0.05) is 38.3 Å². The highest BCUT2D eigenvalue weighted by Crippen LogP contribution is 2.58. The van der Waals surface area contributed by atoms with Gasteiger partial charge in [0.2, 0.25) is 0 Å². The highest BCUT2D eigenvalue weighted by Gasteiger charge is 2.66. The summed E-state index contributed by atoms with van der Waals surface area (Å²) < 4.78 is 28.5. The van der Waals surface area contributed by atoms with Gasteiger partial charge in [0.15, 0.2) is 6.10 Å². The van der Waals surface area contributed by atoms with Crippen molar-refractivity contribution in [2.45, 2.75) is 98.2 Å². The van der Waals surface area contributed by atoms with Crippen LogP contribution >= 0.6 is 0 Å². The second-order valence-electron chi connectivity index (χ2n) is 11.6. The lowest BCUT2D eigenvalue weighted by atomic mass is 9.61. The number of rotatable bonds is 10. The minimum atomic E-state index is -1.05. The summed E-state index contributed by atoms with van der Waals surface area (Å²) >= 11 is 0. The van der Waals surface area contributed by atoms with Crippen LogP contribution < -0.4 is 0 Å². The molecule has 3 rings (SSSR count). The van der Waals surface area contributed by atoms with Crippen molar-refractivity contribution in [2.24, 2.45) is 23.7 Å². The van der Waals surface area contributed by atoms with Gasteiger partial charge in [-0.2, -0.15) is 0 Å². The second kappa shape index (κ2) is 12.7. The first-order valence-corrected chi connectivity index (χ1v) is 14.1. The third-order valence-corrected chi connectivity index (χ3v) is 8.49. The van der Waals surface area contributed by atoms with E-state index >= 15 is 0 Å². The number of carbonyl (C=O) groups excluding carboxylic acids is 5. The molecule has 2 aliphatic carbocycles. The van der Waals surface area contributed by atoms with Crippen molar-refractivity contribution in [3.8, 4) is 0 Å². The van der Waals surface area contributed by atoms with Crippen LogP contribution in [0.1, 0.15) is 68.2 Å². The predicted octanol–water partition coefficient (Wildman–Crippen LogP) is 3.81. The normalized spacial score (nSPS) is 32.9. The van der Waals surface area contributed by atoms with E-state index in [0.29, 0.717) is 24.2 Å². The molecule has 0 spiro atoms. The van der Waals surface area contributed by atoms with Crippen LogP contribution in [0.5, 0.6) is 0 Å². The highest BCUT2D eigenvalue weighted by atomic mass is 16.6. The molecule has 0 amide bonds. The average Bonchev–Trinajstić information content (AvgIpc) is 3.50. The van der Waals surface area contributed by atoms with Gasteiger partial charge in [0.05, 0.1) is 18.1 Å². The molecule has 10 nitrogen and oxygen atoms in total. The minimum absolute atomic E-state index is 0.103. The fourth-order valence-electron chi connectivity index (χ4n) is 6.16. The third kappa shape index (κ3) is 7.33. The number of carbonyl (C=O) groups is 5. The van der Waals surface area contributed by atoms with Gasteiger partial charge < -0.3 is 23.7 Å². The van der Waals surface area contributed by atoms with Gasteiger partial charge in [0.1, 0.15) is 24.1 Å². The maximum atomic E-state index is 13.4. The largest absolute Gasteiger partial charge is 0.462 e. The fraction of sp³-hybridized carbons (Fsp3) is 0.645. The molecule has 9 unspecified atom stereocenters. The Morgan fingerprint density at radius 2 is 1.61 bits per heavy atom. The Morgan fingerprint density at radius 3 is 2.15 bits per heavy atom. The Balaban J connectivity index is 2.06. The zero-order valence-corrected chi connectivity index (χ0v) is 25.2. The Bertz CT molecular complexity index is 1160. The molecule has 0 radical (unpaired) electrons. The van der Waals surface area contributed by atoms with E-state index in [2.05, 4.69) is 6.58 Å². The summed E-state index contributed by atoms with van der Waals surface area (Å²) in [4.78, 5) is 62.8. The molecule has 1 aliphatic heterocycles. The number of esters is 4. The minimum Gasteiger partial charge on any atom is -0.462 e. The molecule has 0 aromatic heterocycles. The van der Waals surface area contributed by atoms with E-state index in [1.54, 1.807) is 27.7 Å². The molecule has 3 fully saturated rings. The van der Waals surface area contributed by atoms with Crippen molar-refractivity contribution in [3.05, 3.63) is 35.5 Å². The van der Waals surface area contributed by atoms with Crippen LogP contribution in [-0.4, -0.2) is 66.3 Å². The second-order valence-corrected chi connectivity index (χ2v) is 11.6. The first-order chi connectivity index (χ1) is 19.1. The maximum absolute atomic E-state index is 13.4. The summed E-state index contributed by atoms with van der Waals surface area (Å²) in [5, 5.41) is 0. The summed E-state index contributed by atoms with van der Waals surface area (Å²) in [5.41, 5.74) is 0.942. The van der Waals surface area contributed by atoms with Gasteiger partial charge in [-0.3, -0.25) is 14.4 Å². The Labute approximate surface area is 241 Å². The van der Waals surface area contributed by atoms with Gasteiger partial charge in [-0.05, 0) is 64.0 Å². The Morgan fingerprint density at radius 1 is 1.02 bits per heavy atom. The van der Waals surface area contributed by atoms with Crippen LogP contribution in [-0.2, 0) is 47.7 Å². The van der Waals surface area contributed by atoms with E-state index in [1.165, 1.54) is 26.0 Å². The molecular formula is C31H42O10. The summed E-state index contributed by atoms with van der Waals surface area (Å²) in [5.74, 6) is -4.56. The number of hydrogen-bond donors (Lipinski definition) is 0. The van der Waals surface area contributed by atoms with Gasteiger partial charge in [0.25, 0.3) is 0 Å². The number of fused-ring (bicyclic) bond motifs is 1. The number of epoxide rings is 1. The lowest BCUT2D eigenvalue weighted by molar-refractivity contribution is -0.177. The van der Waals surface area contributed by atoms with Crippen LogP contribution in [0, 0.1) is 23.7 Å².